The summed E-state index contributed by atoms with van der Waals surface area (Å²) in [4.78, 5) is 17.3. The molecule has 0 aromatic heterocycles. The van der Waals surface area contributed by atoms with Crippen molar-refractivity contribution in [2.75, 3.05) is 7.11 Å². The maximum Gasteiger partial charge on any atom is 0.335 e. The van der Waals surface area contributed by atoms with Crippen LogP contribution in [0.5, 0.6) is 0 Å². The standard InChI is InChI=1S/C25H23NO2/c1-18-14-16-22(17-15-18)23(19(2)25(27)28-3)26-24(20-10-6-4-7-11-20)21-12-8-5-9-13-21/h4-17,23H,2H2,1,3H3/t23-/m0/s1. The number of methoxy groups -OCH3 is 1. The molecule has 28 heavy (non-hydrogen) atoms. The second-order valence-electron chi connectivity index (χ2n) is 6.54. The van der Waals surface area contributed by atoms with E-state index in [0.717, 1.165) is 28.0 Å². The summed E-state index contributed by atoms with van der Waals surface area (Å²) in [5.41, 5.74) is 5.09. The number of esters is 1. The van der Waals surface area contributed by atoms with E-state index >= 15 is 0 Å². The monoisotopic (exact) mass is 369 g/mol. The highest BCUT2D eigenvalue weighted by Crippen LogP contribution is 2.28. The number of ether oxygens (including phenoxy) is 1. The summed E-state index contributed by atoms with van der Waals surface area (Å²) in [6.07, 6.45) is 0. The zero-order chi connectivity index (χ0) is 19.9. The first-order chi connectivity index (χ1) is 13.6. The number of rotatable bonds is 6. The van der Waals surface area contributed by atoms with E-state index in [-0.39, 0.29) is 0 Å². The van der Waals surface area contributed by atoms with Crippen molar-refractivity contribution < 1.29 is 9.53 Å². The Bertz CT molecular complexity index is 933. The Hall–Kier alpha value is -3.46. The fourth-order valence-electron chi connectivity index (χ4n) is 2.98. The van der Waals surface area contributed by atoms with Crippen LogP contribution >= 0.6 is 0 Å². The summed E-state index contributed by atoms with van der Waals surface area (Å²) in [6.45, 7) is 6.01. The average molecular weight is 369 g/mol. The molecular weight excluding hydrogens is 346 g/mol. The lowest BCUT2D eigenvalue weighted by Gasteiger charge is -2.18. The summed E-state index contributed by atoms with van der Waals surface area (Å²) in [6, 6.07) is 27.3. The summed E-state index contributed by atoms with van der Waals surface area (Å²) in [7, 11) is 1.36. The maximum atomic E-state index is 12.3. The Morgan fingerprint density at radius 2 is 1.36 bits per heavy atom. The summed E-state index contributed by atoms with van der Waals surface area (Å²) in [5, 5.41) is 0. The van der Waals surface area contributed by atoms with Crippen molar-refractivity contribution in [3.63, 3.8) is 0 Å². The molecule has 3 nitrogen and oxygen atoms in total. The van der Waals surface area contributed by atoms with Gasteiger partial charge in [-0.2, -0.15) is 0 Å². The van der Waals surface area contributed by atoms with Crippen LogP contribution in [0.3, 0.4) is 0 Å². The molecule has 0 unspecified atom stereocenters. The molecule has 0 heterocycles. The average Bonchev–Trinajstić information content (AvgIpc) is 2.75. The Kier molecular flexibility index (Phi) is 6.18. The Morgan fingerprint density at radius 3 is 1.82 bits per heavy atom. The van der Waals surface area contributed by atoms with E-state index in [4.69, 9.17) is 9.73 Å². The van der Waals surface area contributed by atoms with Gasteiger partial charge in [0.1, 0.15) is 6.04 Å². The smallest absolute Gasteiger partial charge is 0.335 e. The van der Waals surface area contributed by atoms with Crippen molar-refractivity contribution in [1.29, 1.82) is 0 Å². The quantitative estimate of drug-likeness (QED) is 0.336. The fourth-order valence-corrected chi connectivity index (χ4v) is 2.98. The van der Waals surface area contributed by atoms with Gasteiger partial charge in [0.2, 0.25) is 0 Å². The highest BCUT2D eigenvalue weighted by molar-refractivity contribution is 6.13. The zero-order valence-electron chi connectivity index (χ0n) is 16.1. The van der Waals surface area contributed by atoms with Gasteiger partial charge in [0, 0.05) is 11.1 Å². The van der Waals surface area contributed by atoms with Gasteiger partial charge in [-0.1, -0.05) is 97.1 Å². The Morgan fingerprint density at radius 1 is 0.857 bits per heavy atom. The van der Waals surface area contributed by atoms with Gasteiger partial charge >= 0.3 is 5.97 Å². The Balaban J connectivity index is 2.17. The van der Waals surface area contributed by atoms with Gasteiger partial charge in [-0.05, 0) is 12.5 Å². The number of nitrogens with zero attached hydrogens (tertiary/aromatic N) is 1. The third-order valence-electron chi connectivity index (χ3n) is 4.52. The lowest BCUT2D eigenvalue weighted by Crippen LogP contribution is -2.14. The predicted octanol–water partition coefficient (Wildman–Crippen LogP) is 5.30. The molecule has 0 bridgehead atoms. The number of hydrogen-bond acceptors (Lipinski definition) is 3. The minimum atomic E-state index is -0.538. The number of benzene rings is 3. The van der Waals surface area contributed by atoms with E-state index in [2.05, 4.69) is 6.58 Å². The molecule has 0 fully saturated rings. The molecule has 3 aromatic rings. The van der Waals surface area contributed by atoms with Crippen LogP contribution in [0.4, 0.5) is 0 Å². The van der Waals surface area contributed by atoms with E-state index in [1.54, 1.807) is 0 Å². The molecule has 0 spiro atoms. The second-order valence-corrected chi connectivity index (χ2v) is 6.54. The molecule has 0 N–H and O–H groups in total. The van der Waals surface area contributed by atoms with Gasteiger partial charge in [0.05, 0.1) is 18.4 Å². The third-order valence-corrected chi connectivity index (χ3v) is 4.52. The van der Waals surface area contributed by atoms with E-state index in [1.807, 2.05) is 91.9 Å². The van der Waals surface area contributed by atoms with Crippen LogP contribution in [0.25, 0.3) is 0 Å². The highest BCUT2D eigenvalue weighted by atomic mass is 16.5. The molecular formula is C25H23NO2. The zero-order valence-corrected chi connectivity index (χ0v) is 16.1. The molecule has 0 radical (unpaired) electrons. The summed E-state index contributed by atoms with van der Waals surface area (Å²) in [5.74, 6) is -0.463. The molecule has 3 rings (SSSR count). The fraction of sp³-hybridized carbons (Fsp3) is 0.120. The lowest BCUT2D eigenvalue weighted by molar-refractivity contribution is -0.136. The first kappa shape index (κ1) is 19.3. The number of carbonyl (C=O) groups excluding carboxylic acids is 1. The maximum absolute atomic E-state index is 12.3. The number of hydrogen-bond donors (Lipinski definition) is 0. The van der Waals surface area contributed by atoms with Gasteiger partial charge in [0.15, 0.2) is 0 Å². The minimum Gasteiger partial charge on any atom is -0.466 e. The molecule has 0 amide bonds. The van der Waals surface area contributed by atoms with Crippen LogP contribution in [0.1, 0.15) is 28.3 Å². The normalized spacial score (nSPS) is 11.4. The van der Waals surface area contributed by atoms with Gasteiger partial charge in [0.25, 0.3) is 0 Å². The van der Waals surface area contributed by atoms with Gasteiger partial charge in [-0.3, -0.25) is 4.99 Å². The van der Waals surface area contributed by atoms with Crippen LogP contribution in [-0.4, -0.2) is 18.8 Å². The molecule has 1 atom stereocenters. The Labute approximate surface area is 166 Å². The number of aryl methyl sites for hydroxylation is 1. The number of aliphatic imine (C=N–C) groups is 1. The molecule has 3 heteroatoms. The van der Waals surface area contributed by atoms with Crippen molar-refractivity contribution in [2.24, 2.45) is 4.99 Å². The van der Waals surface area contributed by atoms with Crippen LogP contribution < -0.4 is 0 Å². The molecule has 0 aliphatic heterocycles. The molecule has 3 aromatic carbocycles. The largest absolute Gasteiger partial charge is 0.466 e. The molecule has 140 valence electrons. The van der Waals surface area contributed by atoms with E-state index in [0.29, 0.717) is 5.57 Å². The van der Waals surface area contributed by atoms with Crippen LogP contribution in [0, 0.1) is 6.92 Å². The van der Waals surface area contributed by atoms with Crippen molar-refractivity contribution >= 4 is 11.7 Å². The van der Waals surface area contributed by atoms with Crippen LogP contribution in [0.15, 0.2) is 102 Å². The first-order valence-electron chi connectivity index (χ1n) is 9.12. The second kappa shape index (κ2) is 8.96. The molecule has 0 aliphatic carbocycles. The van der Waals surface area contributed by atoms with E-state index in [9.17, 15) is 4.79 Å². The molecule has 0 saturated heterocycles. The topological polar surface area (TPSA) is 38.7 Å². The number of carbonyl (C=O) groups is 1. The highest BCUT2D eigenvalue weighted by Gasteiger charge is 2.22. The van der Waals surface area contributed by atoms with Crippen molar-refractivity contribution in [3.8, 4) is 0 Å². The van der Waals surface area contributed by atoms with E-state index < -0.39 is 12.0 Å². The first-order valence-corrected chi connectivity index (χ1v) is 9.12. The van der Waals surface area contributed by atoms with Crippen LogP contribution in [-0.2, 0) is 9.53 Å². The lowest BCUT2D eigenvalue weighted by atomic mass is 9.97. The van der Waals surface area contributed by atoms with E-state index in [1.165, 1.54) is 7.11 Å². The van der Waals surface area contributed by atoms with Gasteiger partial charge in [-0.25, -0.2) is 4.79 Å². The predicted molar refractivity (Wildman–Crippen MR) is 114 cm³/mol. The molecule has 0 aliphatic rings. The van der Waals surface area contributed by atoms with Crippen molar-refractivity contribution in [1.82, 2.24) is 0 Å². The van der Waals surface area contributed by atoms with Gasteiger partial charge < -0.3 is 4.74 Å². The summed E-state index contributed by atoms with van der Waals surface area (Å²) < 4.78 is 4.92. The van der Waals surface area contributed by atoms with Crippen molar-refractivity contribution in [3.05, 3.63) is 119 Å². The van der Waals surface area contributed by atoms with Gasteiger partial charge in [-0.15, -0.1) is 0 Å². The SMILES string of the molecule is C=C(C(=O)OC)[C@H](N=C(c1ccccc1)c1ccccc1)c1ccc(C)cc1. The summed E-state index contributed by atoms with van der Waals surface area (Å²) >= 11 is 0. The van der Waals surface area contributed by atoms with Crippen LogP contribution in [0.2, 0.25) is 0 Å². The third kappa shape index (κ3) is 4.44. The minimum absolute atomic E-state index is 0.302. The molecule has 0 saturated carbocycles. The van der Waals surface area contributed by atoms with Crippen molar-refractivity contribution in [2.45, 2.75) is 13.0 Å².